The molecule has 29 heavy (non-hydrogen) atoms. The molecule has 1 saturated heterocycles. The first-order valence-corrected chi connectivity index (χ1v) is 10.4. The van der Waals surface area contributed by atoms with Gasteiger partial charge in [-0.05, 0) is 59.9 Å². The first-order chi connectivity index (χ1) is 14.2. The second-order valence-corrected chi connectivity index (χ2v) is 7.66. The number of piperidine rings is 1. The number of carbonyl (C=O) groups excluding carboxylic acids is 1. The van der Waals surface area contributed by atoms with Crippen LogP contribution in [0.1, 0.15) is 24.8 Å². The van der Waals surface area contributed by atoms with E-state index in [0.29, 0.717) is 12.5 Å². The number of ether oxygens (including phenoxy) is 1. The first kappa shape index (κ1) is 19.5. The Morgan fingerprint density at radius 1 is 1.00 bits per heavy atom. The molecule has 0 atom stereocenters. The van der Waals surface area contributed by atoms with Gasteiger partial charge in [0.15, 0.2) is 0 Å². The van der Waals surface area contributed by atoms with E-state index in [2.05, 4.69) is 52.7 Å². The molecular formula is C25H28N2O2. The molecule has 1 heterocycles. The van der Waals surface area contributed by atoms with E-state index in [9.17, 15) is 4.79 Å². The van der Waals surface area contributed by atoms with Crippen molar-refractivity contribution in [3.8, 4) is 0 Å². The van der Waals surface area contributed by atoms with Gasteiger partial charge in [-0.1, -0.05) is 42.5 Å². The van der Waals surface area contributed by atoms with E-state index in [1.54, 1.807) is 7.11 Å². The Morgan fingerprint density at radius 2 is 1.72 bits per heavy atom. The Morgan fingerprint density at radius 3 is 2.48 bits per heavy atom. The van der Waals surface area contributed by atoms with E-state index < -0.39 is 0 Å². The molecule has 4 rings (SSSR count). The van der Waals surface area contributed by atoms with Crippen LogP contribution in [0.25, 0.3) is 10.8 Å². The number of anilines is 2. The Bertz CT molecular complexity index is 955. The van der Waals surface area contributed by atoms with Gasteiger partial charge in [-0.2, -0.15) is 0 Å². The van der Waals surface area contributed by atoms with Gasteiger partial charge in [0.2, 0.25) is 5.91 Å². The highest BCUT2D eigenvalue weighted by molar-refractivity contribution is 5.92. The molecule has 0 aromatic heterocycles. The van der Waals surface area contributed by atoms with Gasteiger partial charge < -0.3 is 15.0 Å². The fourth-order valence-corrected chi connectivity index (χ4v) is 4.09. The molecule has 0 saturated carbocycles. The smallest absolute Gasteiger partial charge is 0.224 e. The Labute approximate surface area is 172 Å². The molecule has 1 amide bonds. The molecule has 4 heteroatoms. The van der Waals surface area contributed by atoms with Crippen molar-refractivity contribution >= 4 is 28.1 Å². The van der Waals surface area contributed by atoms with E-state index in [-0.39, 0.29) is 5.91 Å². The molecule has 1 fully saturated rings. The molecule has 3 aromatic carbocycles. The van der Waals surface area contributed by atoms with Gasteiger partial charge in [0.1, 0.15) is 0 Å². The van der Waals surface area contributed by atoms with Crippen LogP contribution in [-0.2, 0) is 16.0 Å². The van der Waals surface area contributed by atoms with E-state index in [0.717, 1.165) is 38.0 Å². The second kappa shape index (κ2) is 9.10. The van der Waals surface area contributed by atoms with Crippen LogP contribution >= 0.6 is 0 Å². The predicted molar refractivity (Wildman–Crippen MR) is 120 cm³/mol. The number of nitrogens with zero attached hydrogens (tertiary/aromatic N) is 1. The van der Waals surface area contributed by atoms with E-state index in [1.165, 1.54) is 22.0 Å². The van der Waals surface area contributed by atoms with Crippen LogP contribution in [0, 0.1) is 0 Å². The summed E-state index contributed by atoms with van der Waals surface area (Å²) in [6, 6.07) is 22.8. The molecule has 150 valence electrons. The van der Waals surface area contributed by atoms with Crippen molar-refractivity contribution in [1.29, 1.82) is 0 Å². The molecule has 3 aromatic rings. The number of methoxy groups -OCH3 is 1. The third-order valence-electron chi connectivity index (χ3n) is 5.79. The van der Waals surface area contributed by atoms with Gasteiger partial charge in [0.25, 0.3) is 0 Å². The average molecular weight is 389 g/mol. The third kappa shape index (κ3) is 4.77. The summed E-state index contributed by atoms with van der Waals surface area (Å²) < 4.78 is 5.44. The highest BCUT2D eigenvalue weighted by Crippen LogP contribution is 2.23. The van der Waals surface area contributed by atoms with Crippen LogP contribution in [0.2, 0.25) is 0 Å². The maximum Gasteiger partial charge on any atom is 0.224 e. The third-order valence-corrected chi connectivity index (χ3v) is 5.79. The largest absolute Gasteiger partial charge is 0.381 e. The number of hydrogen-bond acceptors (Lipinski definition) is 3. The van der Waals surface area contributed by atoms with Crippen LogP contribution in [0.4, 0.5) is 11.4 Å². The summed E-state index contributed by atoms with van der Waals surface area (Å²) in [5.74, 6) is 0.0478. The second-order valence-electron chi connectivity index (χ2n) is 7.66. The highest BCUT2D eigenvalue weighted by Gasteiger charge is 2.18. The number of carbonyl (C=O) groups is 1. The number of fused-ring (bicyclic) bond motifs is 1. The molecule has 1 N–H and O–H groups in total. The van der Waals surface area contributed by atoms with Gasteiger partial charge in [0.05, 0.1) is 6.10 Å². The summed E-state index contributed by atoms with van der Waals surface area (Å²) in [5, 5.41) is 5.47. The van der Waals surface area contributed by atoms with Gasteiger partial charge >= 0.3 is 0 Å². The van der Waals surface area contributed by atoms with Crippen molar-refractivity contribution in [3.05, 3.63) is 72.3 Å². The number of hydrogen-bond donors (Lipinski definition) is 1. The van der Waals surface area contributed by atoms with Crippen LogP contribution in [0.3, 0.4) is 0 Å². The first-order valence-electron chi connectivity index (χ1n) is 10.4. The molecule has 4 nitrogen and oxygen atoms in total. The zero-order valence-corrected chi connectivity index (χ0v) is 16.9. The van der Waals surface area contributed by atoms with Gasteiger partial charge in [-0.3, -0.25) is 4.79 Å². The minimum Gasteiger partial charge on any atom is -0.381 e. The number of nitrogens with one attached hydrogen (secondary N) is 1. The SMILES string of the molecule is COC1CCN(c2ccc(NC(=O)CCc3cccc4ccccc34)cc2)CC1. The summed E-state index contributed by atoms with van der Waals surface area (Å²) in [7, 11) is 1.79. The maximum atomic E-state index is 12.4. The Hall–Kier alpha value is -2.85. The predicted octanol–water partition coefficient (Wildman–Crippen LogP) is 5.03. The van der Waals surface area contributed by atoms with Crippen LogP contribution in [-0.4, -0.2) is 32.2 Å². The fourth-order valence-electron chi connectivity index (χ4n) is 4.09. The summed E-state index contributed by atoms with van der Waals surface area (Å²) in [6.45, 7) is 2.02. The lowest BCUT2D eigenvalue weighted by Gasteiger charge is -2.33. The lowest BCUT2D eigenvalue weighted by Crippen LogP contribution is -2.36. The van der Waals surface area contributed by atoms with Crippen molar-refractivity contribution in [2.75, 3.05) is 30.4 Å². The minimum absolute atomic E-state index is 0.0478. The van der Waals surface area contributed by atoms with Crippen molar-refractivity contribution < 1.29 is 9.53 Å². The maximum absolute atomic E-state index is 12.4. The van der Waals surface area contributed by atoms with Crippen LogP contribution < -0.4 is 10.2 Å². The van der Waals surface area contributed by atoms with Gasteiger partial charge in [-0.25, -0.2) is 0 Å². The summed E-state index contributed by atoms with van der Waals surface area (Å²) >= 11 is 0. The molecule has 0 bridgehead atoms. The van der Waals surface area contributed by atoms with Crippen molar-refractivity contribution in [2.24, 2.45) is 0 Å². The monoisotopic (exact) mass is 388 g/mol. The van der Waals surface area contributed by atoms with Gasteiger partial charge in [-0.15, -0.1) is 0 Å². The van der Waals surface area contributed by atoms with Crippen molar-refractivity contribution in [3.63, 3.8) is 0 Å². The molecule has 0 aliphatic carbocycles. The number of aryl methyl sites for hydroxylation is 1. The zero-order chi connectivity index (χ0) is 20.1. The molecular weight excluding hydrogens is 360 g/mol. The standard InChI is InChI=1S/C25H28N2O2/c1-29-23-15-17-27(18-16-23)22-12-10-21(11-13-22)26-25(28)14-9-20-7-4-6-19-5-2-3-8-24(19)20/h2-8,10-13,23H,9,14-18H2,1H3,(H,26,28). The summed E-state index contributed by atoms with van der Waals surface area (Å²) in [6.07, 6.45) is 3.71. The number of amides is 1. The number of benzene rings is 3. The van der Waals surface area contributed by atoms with E-state index >= 15 is 0 Å². The summed E-state index contributed by atoms with van der Waals surface area (Å²) in [4.78, 5) is 14.8. The van der Waals surface area contributed by atoms with E-state index in [4.69, 9.17) is 4.74 Å². The van der Waals surface area contributed by atoms with Crippen LogP contribution in [0.5, 0.6) is 0 Å². The van der Waals surface area contributed by atoms with Crippen molar-refractivity contribution in [2.45, 2.75) is 31.8 Å². The Kier molecular flexibility index (Phi) is 6.11. The lowest BCUT2D eigenvalue weighted by atomic mass is 10.0. The lowest BCUT2D eigenvalue weighted by molar-refractivity contribution is -0.116. The van der Waals surface area contributed by atoms with Gasteiger partial charge in [0, 0.05) is 38.0 Å². The topological polar surface area (TPSA) is 41.6 Å². The Balaban J connectivity index is 1.32. The summed E-state index contributed by atoms with van der Waals surface area (Å²) in [5.41, 5.74) is 3.27. The normalized spacial score (nSPS) is 14.9. The highest BCUT2D eigenvalue weighted by atomic mass is 16.5. The average Bonchev–Trinajstić information content (AvgIpc) is 2.78. The molecule has 0 spiro atoms. The van der Waals surface area contributed by atoms with Crippen LogP contribution in [0.15, 0.2) is 66.7 Å². The zero-order valence-electron chi connectivity index (χ0n) is 16.9. The minimum atomic E-state index is 0.0478. The molecule has 1 aliphatic rings. The van der Waals surface area contributed by atoms with E-state index in [1.807, 2.05) is 24.3 Å². The van der Waals surface area contributed by atoms with Crippen molar-refractivity contribution in [1.82, 2.24) is 0 Å². The molecule has 0 radical (unpaired) electrons. The fraction of sp³-hybridized carbons (Fsp3) is 0.320. The quantitative estimate of drug-likeness (QED) is 0.644. The molecule has 0 unspecified atom stereocenters. The number of rotatable bonds is 6. The molecule has 1 aliphatic heterocycles.